The Morgan fingerprint density at radius 3 is 2.78 bits per heavy atom. The van der Waals surface area contributed by atoms with E-state index >= 15 is 0 Å². The van der Waals surface area contributed by atoms with Crippen LogP contribution in [0.5, 0.6) is 0 Å². The summed E-state index contributed by atoms with van der Waals surface area (Å²) in [5.74, 6) is 0.819. The summed E-state index contributed by atoms with van der Waals surface area (Å²) in [6, 6.07) is 4.42. The second-order valence-electron chi connectivity index (χ2n) is 5.17. The average molecular weight is 267 g/mol. The van der Waals surface area contributed by atoms with E-state index in [1.165, 1.54) is 41.9 Å². The van der Waals surface area contributed by atoms with Crippen LogP contribution >= 0.6 is 11.3 Å². The van der Waals surface area contributed by atoms with E-state index in [0.29, 0.717) is 0 Å². The van der Waals surface area contributed by atoms with Gasteiger partial charge in [0.1, 0.15) is 0 Å². The third kappa shape index (κ3) is 4.71. The predicted molar refractivity (Wildman–Crippen MR) is 77.9 cm³/mol. The Labute approximate surface area is 115 Å². The molecule has 0 saturated heterocycles. The molecule has 0 aromatic carbocycles. The largest absolute Gasteiger partial charge is 0.376 e. The fraction of sp³-hybridized carbons (Fsp3) is 0.733. The van der Waals surface area contributed by atoms with Crippen molar-refractivity contribution in [1.29, 1.82) is 0 Å². The molecule has 18 heavy (non-hydrogen) atoms. The van der Waals surface area contributed by atoms with Crippen LogP contribution in [0, 0.1) is 5.92 Å². The molecule has 1 saturated carbocycles. The molecule has 1 aromatic rings. The number of hydrogen-bond donors (Lipinski definition) is 1. The quantitative estimate of drug-likeness (QED) is 0.807. The molecule has 0 unspecified atom stereocenters. The Bertz CT molecular complexity index is 331. The van der Waals surface area contributed by atoms with E-state index in [1.54, 1.807) is 0 Å². The molecule has 0 amide bonds. The van der Waals surface area contributed by atoms with Crippen LogP contribution in [0.1, 0.15) is 48.8 Å². The van der Waals surface area contributed by atoms with Gasteiger partial charge < -0.3 is 10.1 Å². The van der Waals surface area contributed by atoms with Crippen LogP contribution in [0.2, 0.25) is 0 Å². The topological polar surface area (TPSA) is 21.3 Å². The highest BCUT2D eigenvalue weighted by atomic mass is 32.1. The molecule has 1 aliphatic carbocycles. The van der Waals surface area contributed by atoms with Crippen molar-refractivity contribution in [1.82, 2.24) is 5.32 Å². The first-order chi connectivity index (χ1) is 8.88. The van der Waals surface area contributed by atoms with E-state index in [2.05, 4.69) is 24.4 Å². The summed E-state index contributed by atoms with van der Waals surface area (Å²) >= 11 is 1.87. The highest BCUT2D eigenvalue weighted by Gasteiger charge is 2.13. The first-order valence-electron chi connectivity index (χ1n) is 7.24. The third-order valence-electron chi connectivity index (χ3n) is 3.59. The Morgan fingerprint density at radius 2 is 2.00 bits per heavy atom. The monoisotopic (exact) mass is 267 g/mol. The standard InChI is InChI=1S/C15H25NOS/c1-2-16-10-14-8-9-15(18-14)12-17-11-13-6-4-3-5-7-13/h8-9,13,16H,2-7,10-12H2,1H3. The van der Waals surface area contributed by atoms with E-state index in [4.69, 9.17) is 4.74 Å². The zero-order valence-corrected chi connectivity index (χ0v) is 12.2. The fourth-order valence-electron chi connectivity index (χ4n) is 2.52. The molecule has 0 aliphatic heterocycles. The molecule has 102 valence electrons. The van der Waals surface area contributed by atoms with E-state index in [0.717, 1.165) is 32.2 Å². The zero-order chi connectivity index (χ0) is 12.6. The summed E-state index contributed by atoms with van der Waals surface area (Å²) in [4.78, 5) is 2.77. The Balaban J connectivity index is 1.64. The number of nitrogens with one attached hydrogen (secondary N) is 1. The molecular weight excluding hydrogens is 242 g/mol. The lowest BCUT2D eigenvalue weighted by Crippen LogP contribution is -2.13. The summed E-state index contributed by atoms with van der Waals surface area (Å²) in [5.41, 5.74) is 0. The van der Waals surface area contributed by atoms with Gasteiger partial charge in [-0.1, -0.05) is 26.2 Å². The van der Waals surface area contributed by atoms with Crippen LogP contribution in [-0.4, -0.2) is 13.2 Å². The highest BCUT2D eigenvalue weighted by molar-refractivity contribution is 7.11. The number of hydrogen-bond acceptors (Lipinski definition) is 3. The van der Waals surface area contributed by atoms with Crippen molar-refractivity contribution in [3.05, 3.63) is 21.9 Å². The van der Waals surface area contributed by atoms with Gasteiger partial charge in [-0.25, -0.2) is 0 Å². The van der Waals surface area contributed by atoms with Crippen molar-refractivity contribution in [3.63, 3.8) is 0 Å². The normalized spacial score (nSPS) is 17.2. The van der Waals surface area contributed by atoms with Crippen LogP contribution in [0.4, 0.5) is 0 Å². The molecule has 3 heteroatoms. The van der Waals surface area contributed by atoms with Crippen molar-refractivity contribution < 1.29 is 4.74 Å². The van der Waals surface area contributed by atoms with Gasteiger partial charge in [0, 0.05) is 22.9 Å². The number of thiophene rings is 1. The van der Waals surface area contributed by atoms with Gasteiger partial charge in [0.05, 0.1) is 6.61 Å². The van der Waals surface area contributed by atoms with Gasteiger partial charge in [0.2, 0.25) is 0 Å². The van der Waals surface area contributed by atoms with Crippen molar-refractivity contribution in [3.8, 4) is 0 Å². The third-order valence-corrected chi connectivity index (χ3v) is 4.65. The first-order valence-corrected chi connectivity index (χ1v) is 8.06. The first kappa shape index (κ1) is 14.0. The van der Waals surface area contributed by atoms with Crippen LogP contribution in [-0.2, 0) is 17.9 Å². The highest BCUT2D eigenvalue weighted by Crippen LogP contribution is 2.24. The fourth-order valence-corrected chi connectivity index (χ4v) is 3.45. The molecule has 1 heterocycles. The van der Waals surface area contributed by atoms with Gasteiger partial charge in [-0.2, -0.15) is 0 Å². The van der Waals surface area contributed by atoms with Gasteiger partial charge in [-0.3, -0.25) is 0 Å². The van der Waals surface area contributed by atoms with E-state index in [1.807, 2.05) is 11.3 Å². The molecule has 1 aromatic heterocycles. The Hall–Kier alpha value is -0.380. The smallest absolute Gasteiger partial charge is 0.0809 e. The summed E-state index contributed by atoms with van der Waals surface area (Å²) in [6.07, 6.45) is 6.97. The van der Waals surface area contributed by atoms with Gasteiger partial charge in [0.15, 0.2) is 0 Å². The summed E-state index contributed by atoms with van der Waals surface area (Å²) < 4.78 is 5.87. The maximum Gasteiger partial charge on any atom is 0.0809 e. The molecule has 2 nitrogen and oxygen atoms in total. The molecule has 0 bridgehead atoms. The second-order valence-corrected chi connectivity index (χ2v) is 6.42. The summed E-state index contributed by atoms with van der Waals surface area (Å²) in [7, 11) is 0. The molecule has 1 N–H and O–H groups in total. The van der Waals surface area contributed by atoms with Gasteiger partial charge in [0.25, 0.3) is 0 Å². The van der Waals surface area contributed by atoms with Crippen molar-refractivity contribution in [2.75, 3.05) is 13.2 Å². The summed E-state index contributed by atoms with van der Waals surface area (Å²) in [6.45, 7) is 5.92. The van der Waals surface area contributed by atoms with Crippen LogP contribution in [0.25, 0.3) is 0 Å². The van der Waals surface area contributed by atoms with Gasteiger partial charge >= 0.3 is 0 Å². The van der Waals surface area contributed by atoms with Gasteiger partial charge in [-0.15, -0.1) is 11.3 Å². The second kappa shape index (κ2) is 7.93. The van der Waals surface area contributed by atoms with Crippen LogP contribution in [0.3, 0.4) is 0 Å². The lowest BCUT2D eigenvalue weighted by molar-refractivity contribution is 0.0755. The van der Waals surface area contributed by atoms with Crippen molar-refractivity contribution in [2.24, 2.45) is 5.92 Å². The Morgan fingerprint density at radius 1 is 1.22 bits per heavy atom. The minimum absolute atomic E-state index is 0.799. The molecule has 1 fully saturated rings. The van der Waals surface area contributed by atoms with E-state index < -0.39 is 0 Å². The zero-order valence-electron chi connectivity index (χ0n) is 11.4. The molecular formula is C15H25NOS. The number of rotatable bonds is 7. The minimum Gasteiger partial charge on any atom is -0.376 e. The lowest BCUT2D eigenvalue weighted by Gasteiger charge is -2.21. The number of ether oxygens (including phenoxy) is 1. The summed E-state index contributed by atoms with van der Waals surface area (Å²) in [5, 5.41) is 3.36. The maximum atomic E-state index is 5.87. The molecule has 2 rings (SSSR count). The van der Waals surface area contributed by atoms with Crippen molar-refractivity contribution in [2.45, 2.75) is 52.2 Å². The average Bonchev–Trinajstić information content (AvgIpc) is 2.85. The predicted octanol–water partition coefficient (Wildman–Crippen LogP) is 3.95. The van der Waals surface area contributed by atoms with Gasteiger partial charge in [-0.05, 0) is 37.4 Å². The van der Waals surface area contributed by atoms with Crippen LogP contribution in [0.15, 0.2) is 12.1 Å². The lowest BCUT2D eigenvalue weighted by atomic mass is 9.90. The molecule has 0 atom stereocenters. The Kier molecular flexibility index (Phi) is 6.18. The SMILES string of the molecule is CCNCc1ccc(COCC2CCCCC2)s1. The minimum atomic E-state index is 0.799. The van der Waals surface area contributed by atoms with E-state index in [-0.39, 0.29) is 0 Å². The molecule has 0 spiro atoms. The van der Waals surface area contributed by atoms with Crippen molar-refractivity contribution >= 4 is 11.3 Å². The molecule has 0 radical (unpaired) electrons. The van der Waals surface area contributed by atoms with E-state index in [9.17, 15) is 0 Å². The maximum absolute atomic E-state index is 5.87. The molecule has 1 aliphatic rings. The van der Waals surface area contributed by atoms with Crippen LogP contribution < -0.4 is 5.32 Å².